The summed E-state index contributed by atoms with van der Waals surface area (Å²) < 4.78 is 2.73. The molecule has 1 aromatic heterocycles. The Labute approximate surface area is 158 Å². The van der Waals surface area contributed by atoms with Crippen LogP contribution in [0.1, 0.15) is 11.1 Å². The monoisotopic (exact) mass is 375 g/mol. The van der Waals surface area contributed by atoms with Crippen LogP contribution < -0.4 is 5.32 Å². The van der Waals surface area contributed by atoms with Crippen LogP contribution >= 0.6 is 23.6 Å². The van der Waals surface area contributed by atoms with Gasteiger partial charge in [-0.2, -0.15) is 0 Å². The second-order valence-electron chi connectivity index (χ2n) is 6.37. The lowest BCUT2D eigenvalue weighted by atomic mass is 10.1. The average Bonchev–Trinajstić information content (AvgIpc) is 2.94. The fourth-order valence-electron chi connectivity index (χ4n) is 2.97. The maximum Gasteiger partial charge on any atom is 0.204 e. The first-order valence-corrected chi connectivity index (χ1v) is 9.79. The van der Waals surface area contributed by atoms with Crippen LogP contribution in [0.4, 0.5) is 5.13 Å². The van der Waals surface area contributed by atoms with Crippen LogP contribution in [0.25, 0.3) is 0 Å². The Balaban J connectivity index is 1.50. The fraction of sp³-hybridized carbons (Fsp3) is 0.444. The first-order chi connectivity index (χ1) is 12.1. The van der Waals surface area contributed by atoms with Crippen LogP contribution in [-0.2, 0) is 13.2 Å². The number of rotatable bonds is 7. The number of hydrogen-bond donors (Lipinski definition) is 1. The molecule has 134 valence electrons. The van der Waals surface area contributed by atoms with E-state index in [0.29, 0.717) is 6.54 Å². The predicted octanol–water partition coefficient (Wildman–Crippen LogP) is 3.36. The lowest BCUT2D eigenvalue weighted by Crippen LogP contribution is -2.46. The number of aromatic nitrogens is 2. The molecule has 25 heavy (non-hydrogen) atoms. The van der Waals surface area contributed by atoms with Gasteiger partial charge in [0.1, 0.15) is 0 Å². The predicted molar refractivity (Wildman–Crippen MR) is 108 cm³/mol. The summed E-state index contributed by atoms with van der Waals surface area (Å²) in [6.45, 7) is 12.6. The minimum absolute atomic E-state index is 0.708. The zero-order valence-corrected chi connectivity index (χ0v) is 16.3. The van der Waals surface area contributed by atoms with E-state index >= 15 is 0 Å². The van der Waals surface area contributed by atoms with E-state index in [0.717, 1.165) is 48.5 Å². The Bertz CT molecular complexity index is 759. The van der Waals surface area contributed by atoms with Gasteiger partial charge in [0.05, 0.1) is 6.67 Å². The SMILES string of the molecule is C=CCNc1nn(CN2CCN(Cc3cccc(C)c3)CC2)c(=S)s1. The molecule has 0 aliphatic carbocycles. The normalized spacial score (nSPS) is 16.0. The molecule has 0 spiro atoms. The van der Waals surface area contributed by atoms with Crippen molar-refractivity contribution in [3.8, 4) is 0 Å². The summed E-state index contributed by atoms with van der Waals surface area (Å²) in [5.41, 5.74) is 2.73. The van der Waals surface area contributed by atoms with Gasteiger partial charge in [-0.3, -0.25) is 9.80 Å². The Hall–Kier alpha value is -1.54. The average molecular weight is 376 g/mol. The van der Waals surface area contributed by atoms with Crippen LogP contribution in [-0.4, -0.2) is 52.3 Å². The second-order valence-corrected chi connectivity index (χ2v) is 7.99. The molecule has 7 heteroatoms. The first-order valence-electron chi connectivity index (χ1n) is 8.57. The van der Waals surface area contributed by atoms with Gasteiger partial charge >= 0.3 is 0 Å². The Kier molecular flexibility index (Phi) is 6.36. The van der Waals surface area contributed by atoms with E-state index in [2.05, 4.69) is 58.0 Å². The summed E-state index contributed by atoms with van der Waals surface area (Å²) >= 11 is 6.95. The van der Waals surface area contributed by atoms with Crippen molar-refractivity contribution in [1.29, 1.82) is 0 Å². The quantitative estimate of drug-likeness (QED) is 0.593. The standard InChI is InChI=1S/C18H25N5S2/c1-3-7-19-17-20-23(18(24)25-17)14-22-10-8-21(9-11-22)13-16-6-4-5-15(2)12-16/h3-6,12H,1,7-11,13-14H2,2H3,(H,19,20). The largest absolute Gasteiger partial charge is 0.357 e. The van der Waals surface area contributed by atoms with E-state index in [1.807, 2.05) is 10.8 Å². The van der Waals surface area contributed by atoms with E-state index in [4.69, 9.17) is 12.2 Å². The minimum atomic E-state index is 0.708. The van der Waals surface area contributed by atoms with Crippen LogP contribution in [0.3, 0.4) is 0 Å². The molecular formula is C18H25N5S2. The van der Waals surface area contributed by atoms with Crippen LogP contribution in [0.15, 0.2) is 36.9 Å². The van der Waals surface area contributed by atoms with Crippen molar-refractivity contribution in [2.75, 3.05) is 38.0 Å². The Morgan fingerprint density at radius 2 is 2.04 bits per heavy atom. The molecule has 3 rings (SSSR count). The molecule has 0 radical (unpaired) electrons. The molecule has 1 aliphatic heterocycles. The summed E-state index contributed by atoms with van der Waals surface area (Å²) in [5.74, 6) is 0. The van der Waals surface area contributed by atoms with E-state index < -0.39 is 0 Å². The van der Waals surface area contributed by atoms with Crippen LogP contribution in [0.5, 0.6) is 0 Å². The molecular weight excluding hydrogens is 350 g/mol. The van der Waals surface area contributed by atoms with Crippen LogP contribution in [0.2, 0.25) is 0 Å². The molecule has 1 fully saturated rings. The third-order valence-corrected chi connectivity index (χ3v) is 5.56. The second kappa shape index (κ2) is 8.71. The van der Waals surface area contributed by atoms with Crippen LogP contribution in [0, 0.1) is 10.9 Å². The molecule has 1 N–H and O–H groups in total. The zero-order chi connectivity index (χ0) is 17.6. The molecule has 0 atom stereocenters. The molecule has 5 nitrogen and oxygen atoms in total. The molecule has 0 bridgehead atoms. The fourth-order valence-corrected chi connectivity index (χ4v) is 3.97. The van der Waals surface area contributed by atoms with Gasteiger partial charge in [0.25, 0.3) is 0 Å². The zero-order valence-electron chi connectivity index (χ0n) is 14.6. The highest BCUT2D eigenvalue weighted by atomic mass is 32.1. The molecule has 0 saturated carbocycles. The van der Waals surface area contributed by atoms with Crippen molar-refractivity contribution < 1.29 is 0 Å². The van der Waals surface area contributed by atoms with Gasteiger partial charge in [-0.15, -0.1) is 11.7 Å². The van der Waals surface area contributed by atoms with Crippen molar-refractivity contribution in [3.05, 3.63) is 52.0 Å². The van der Waals surface area contributed by atoms with Gasteiger partial charge in [-0.1, -0.05) is 47.2 Å². The first kappa shape index (κ1) is 18.3. The Morgan fingerprint density at radius 3 is 2.76 bits per heavy atom. The molecule has 1 aliphatic rings. The Morgan fingerprint density at radius 1 is 1.28 bits per heavy atom. The summed E-state index contributed by atoms with van der Waals surface area (Å²) in [4.78, 5) is 4.93. The van der Waals surface area contributed by atoms with Crippen molar-refractivity contribution in [1.82, 2.24) is 19.6 Å². The number of benzene rings is 1. The molecule has 2 aromatic rings. The molecule has 2 heterocycles. The van der Waals surface area contributed by atoms with Crippen molar-refractivity contribution >= 4 is 28.7 Å². The van der Waals surface area contributed by atoms with E-state index in [1.165, 1.54) is 22.5 Å². The lowest BCUT2D eigenvalue weighted by molar-refractivity contribution is 0.0985. The third kappa shape index (κ3) is 5.22. The summed E-state index contributed by atoms with van der Waals surface area (Å²) in [6, 6.07) is 8.78. The highest BCUT2D eigenvalue weighted by molar-refractivity contribution is 7.73. The van der Waals surface area contributed by atoms with Crippen molar-refractivity contribution in [2.45, 2.75) is 20.1 Å². The summed E-state index contributed by atoms with van der Waals surface area (Å²) in [5, 5.41) is 8.63. The summed E-state index contributed by atoms with van der Waals surface area (Å²) in [6.07, 6.45) is 1.82. The third-order valence-electron chi connectivity index (χ3n) is 4.29. The lowest BCUT2D eigenvalue weighted by Gasteiger charge is -2.34. The molecule has 0 amide bonds. The van der Waals surface area contributed by atoms with Gasteiger partial charge in [-0.05, 0) is 24.7 Å². The van der Waals surface area contributed by atoms with Gasteiger partial charge in [0, 0.05) is 39.3 Å². The van der Waals surface area contributed by atoms with E-state index in [9.17, 15) is 0 Å². The maximum absolute atomic E-state index is 5.43. The van der Waals surface area contributed by atoms with E-state index in [1.54, 1.807) is 0 Å². The number of nitrogens with one attached hydrogen (secondary N) is 1. The molecule has 1 aromatic carbocycles. The smallest absolute Gasteiger partial charge is 0.204 e. The maximum atomic E-state index is 5.43. The van der Waals surface area contributed by atoms with Gasteiger partial charge < -0.3 is 5.32 Å². The summed E-state index contributed by atoms with van der Waals surface area (Å²) in [7, 11) is 0. The molecule has 0 unspecified atom stereocenters. The number of aryl methyl sites for hydroxylation is 1. The highest BCUT2D eigenvalue weighted by Gasteiger charge is 2.18. The van der Waals surface area contributed by atoms with Crippen molar-refractivity contribution in [2.24, 2.45) is 0 Å². The number of anilines is 1. The van der Waals surface area contributed by atoms with Crippen molar-refractivity contribution in [3.63, 3.8) is 0 Å². The van der Waals surface area contributed by atoms with Gasteiger partial charge in [-0.25, -0.2) is 4.68 Å². The van der Waals surface area contributed by atoms with E-state index in [-0.39, 0.29) is 0 Å². The number of hydrogen-bond acceptors (Lipinski definition) is 6. The minimum Gasteiger partial charge on any atom is -0.357 e. The molecule has 1 saturated heterocycles. The highest BCUT2D eigenvalue weighted by Crippen LogP contribution is 2.16. The van der Waals surface area contributed by atoms with Gasteiger partial charge in [0.15, 0.2) is 3.95 Å². The topological polar surface area (TPSA) is 36.3 Å². The number of piperazine rings is 1. The number of nitrogens with zero attached hydrogens (tertiary/aromatic N) is 4. The van der Waals surface area contributed by atoms with Gasteiger partial charge in [0.2, 0.25) is 5.13 Å².